The highest BCUT2D eigenvalue weighted by Crippen LogP contribution is 2.32. The molecule has 0 radical (unpaired) electrons. The van der Waals surface area contributed by atoms with Crippen LogP contribution in [0.15, 0.2) is 54.6 Å². The van der Waals surface area contributed by atoms with Crippen molar-refractivity contribution in [2.24, 2.45) is 0 Å². The molecule has 0 saturated carbocycles. The molecule has 0 aliphatic heterocycles. The summed E-state index contributed by atoms with van der Waals surface area (Å²) in [7, 11) is -2.65. The van der Waals surface area contributed by atoms with Crippen LogP contribution in [-0.4, -0.2) is 44.8 Å². The summed E-state index contributed by atoms with van der Waals surface area (Å²) in [5.74, 6) is 4.45. The van der Waals surface area contributed by atoms with E-state index in [-0.39, 0.29) is 24.5 Å². The lowest BCUT2D eigenvalue weighted by Gasteiger charge is -2.08. The third-order valence-corrected chi connectivity index (χ3v) is 6.18. The summed E-state index contributed by atoms with van der Waals surface area (Å²) in [6.45, 7) is 3.83. The summed E-state index contributed by atoms with van der Waals surface area (Å²) in [6, 6.07) is 15.6. The Balaban J connectivity index is 1.94. The monoisotopic (exact) mass is 484 g/mol. The Morgan fingerprint density at radius 1 is 1.18 bits per heavy atom. The van der Waals surface area contributed by atoms with Crippen molar-refractivity contribution in [2.45, 2.75) is 32.3 Å². The van der Waals surface area contributed by atoms with E-state index in [1.54, 1.807) is 16.8 Å². The molecule has 2 aromatic carbocycles. The van der Waals surface area contributed by atoms with Crippen molar-refractivity contribution in [1.29, 1.82) is 0 Å². The Morgan fingerprint density at radius 3 is 2.47 bits per heavy atom. The standard InChI is InChI=1S/C25H26FN2O5P/c1-17(2)24-22(9-6-14-33-34(32)16-21(29)15-23(30)31)25(18-10-12-19(26)13-11-18)28(27-24)20-7-4-3-5-8-20/h3-5,7-8,10-13,17,21,29,34H,14-16H2,1-2H3,(H,30,31)/t21-/m0/s1. The Morgan fingerprint density at radius 2 is 1.85 bits per heavy atom. The lowest BCUT2D eigenvalue weighted by atomic mass is 10.0. The average molecular weight is 484 g/mol. The van der Waals surface area contributed by atoms with Crippen molar-refractivity contribution in [1.82, 2.24) is 9.78 Å². The number of hydrogen-bond donors (Lipinski definition) is 2. The Labute approximate surface area is 198 Å². The zero-order valence-corrected chi connectivity index (χ0v) is 19.9. The zero-order valence-electron chi connectivity index (χ0n) is 18.9. The number of rotatable bonds is 9. The van der Waals surface area contributed by atoms with Crippen LogP contribution in [-0.2, 0) is 13.9 Å². The van der Waals surface area contributed by atoms with E-state index in [0.717, 1.165) is 16.9 Å². The van der Waals surface area contributed by atoms with E-state index in [9.17, 15) is 18.9 Å². The first-order valence-corrected chi connectivity index (χ1v) is 12.3. The topological polar surface area (TPSA) is 102 Å². The number of aliphatic hydroxyl groups is 1. The molecule has 1 aromatic heterocycles. The molecule has 0 amide bonds. The largest absolute Gasteiger partial charge is 0.481 e. The predicted octanol–water partition coefficient (Wildman–Crippen LogP) is 4.48. The number of hydrogen-bond acceptors (Lipinski definition) is 5. The maximum absolute atomic E-state index is 13.6. The normalized spacial score (nSPS) is 12.7. The van der Waals surface area contributed by atoms with Crippen molar-refractivity contribution in [3.8, 4) is 28.8 Å². The highest BCUT2D eigenvalue weighted by molar-refractivity contribution is 7.39. The summed E-state index contributed by atoms with van der Waals surface area (Å²) >= 11 is 0. The van der Waals surface area contributed by atoms with E-state index in [0.29, 0.717) is 11.3 Å². The van der Waals surface area contributed by atoms with Crippen molar-refractivity contribution in [2.75, 3.05) is 12.8 Å². The molecule has 0 spiro atoms. The van der Waals surface area contributed by atoms with Crippen LogP contribution in [0.4, 0.5) is 4.39 Å². The minimum Gasteiger partial charge on any atom is -0.481 e. The third kappa shape index (κ3) is 6.64. The van der Waals surface area contributed by atoms with Gasteiger partial charge in [-0.2, -0.15) is 5.10 Å². The number of aliphatic hydroxyl groups excluding tert-OH is 1. The van der Waals surface area contributed by atoms with Gasteiger partial charge in [0.1, 0.15) is 12.4 Å². The van der Waals surface area contributed by atoms with Gasteiger partial charge in [0.2, 0.25) is 0 Å². The number of benzene rings is 2. The van der Waals surface area contributed by atoms with Crippen molar-refractivity contribution in [3.63, 3.8) is 0 Å². The minimum atomic E-state index is -2.65. The number of carbonyl (C=O) groups is 1. The second-order valence-corrected chi connectivity index (χ2v) is 9.38. The van der Waals surface area contributed by atoms with Crippen LogP contribution in [0, 0.1) is 17.7 Å². The van der Waals surface area contributed by atoms with E-state index >= 15 is 0 Å². The molecule has 3 aromatic rings. The summed E-state index contributed by atoms with van der Waals surface area (Å²) < 4.78 is 32.6. The van der Waals surface area contributed by atoms with Crippen molar-refractivity contribution >= 4 is 14.0 Å². The first-order chi connectivity index (χ1) is 16.3. The Kier molecular flexibility index (Phi) is 8.78. The van der Waals surface area contributed by atoms with Crippen LogP contribution in [0.1, 0.15) is 37.4 Å². The summed E-state index contributed by atoms with van der Waals surface area (Å²) in [6.07, 6.45) is -1.98. The maximum Gasteiger partial charge on any atom is 0.305 e. The molecule has 0 aliphatic carbocycles. The molecule has 2 atom stereocenters. The van der Waals surface area contributed by atoms with E-state index < -0.39 is 26.5 Å². The van der Waals surface area contributed by atoms with Gasteiger partial charge in [0.05, 0.1) is 35.2 Å². The van der Waals surface area contributed by atoms with Crippen LogP contribution in [0.25, 0.3) is 16.9 Å². The van der Waals surface area contributed by atoms with Gasteiger partial charge in [-0.1, -0.05) is 43.9 Å². The first-order valence-electron chi connectivity index (χ1n) is 10.7. The lowest BCUT2D eigenvalue weighted by molar-refractivity contribution is -0.138. The second kappa shape index (κ2) is 11.8. The summed E-state index contributed by atoms with van der Waals surface area (Å²) in [5.41, 5.74) is 3.66. The predicted molar refractivity (Wildman–Crippen MR) is 128 cm³/mol. The molecule has 0 bridgehead atoms. The number of aliphatic carboxylic acids is 1. The molecule has 0 aliphatic rings. The Hall–Kier alpha value is -3.24. The molecule has 3 rings (SSSR count). The molecular formula is C25H26FN2O5P. The van der Waals surface area contributed by atoms with Crippen LogP contribution in [0.2, 0.25) is 0 Å². The minimum absolute atomic E-state index is 0.0414. The van der Waals surface area contributed by atoms with E-state index in [1.807, 2.05) is 44.2 Å². The molecule has 1 heterocycles. The van der Waals surface area contributed by atoms with E-state index in [2.05, 4.69) is 11.8 Å². The number of carboxylic acids is 1. The highest BCUT2D eigenvalue weighted by atomic mass is 31.1. The van der Waals surface area contributed by atoms with Gasteiger partial charge in [-0.05, 0) is 42.3 Å². The van der Waals surface area contributed by atoms with Crippen LogP contribution >= 0.6 is 8.03 Å². The number of para-hydroxylation sites is 1. The van der Waals surface area contributed by atoms with Gasteiger partial charge in [0.25, 0.3) is 0 Å². The van der Waals surface area contributed by atoms with Gasteiger partial charge < -0.3 is 14.7 Å². The van der Waals surface area contributed by atoms with Gasteiger partial charge in [0.15, 0.2) is 8.03 Å². The molecular weight excluding hydrogens is 458 g/mol. The smallest absolute Gasteiger partial charge is 0.305 e. The molecule has 9 heteroatoms. The van der Waals surface area contributed by atoms with Crippen molar-refractivity contribution in [3.05, 3.63) is 71.7 Å². The van der Waals surface area contributed by atoms with Gasteiger partial charge in [-0.15, -0.1) is 0 Å². The highest BCUT2D eigenvalue weighted by Gasteiger charge is 2.21. The van der Waals surface area contributed by atoms with Crippen LogP contribution in [0.5, 0.6) is 0 Å². The van der Waals surface area contributed by atoms with Gasteiger partial charge in [-0.3, -0.25) is 9.36 Å². The number of carboxylic acid groups (broad SMARTS) is 1. The van der Waals surface area contributed by atoms with Gasteiger partial charge in [0, 0.05) is 11.7 Å². The SMILES string of the molecule is CC(C)c1nn(-c2ccccc2)c(-c2ccc(F)cc2)c1C#CCO[PH](=O)C[C@@H](O)CC(=O)O. The Bertz CT molecular complexity index is 1210. The molecule has 2 N–H and O–H groups in total. The van der Waals surface area contributed by atoms with Gasteiger partial charge >= 0.3 is 5.97 Å². The molecule has 0 saturated heterocycles. The van der Waals surface area contributed by atoms with Crippen LogP contribution < -0.4 is 0 Å². The summed E-state index contributed by atoms with van der Waals surface area (Å²) in [4.78, 5) is 10.6. The number of nitrogens with zero attached hydrogens (tertiary/aromatic N) is 2. The van der Waals surface area contributed by atoms with Crippen LogP contribution in [0.3, 0.4) is 0 Å². The zero-order chi connectivity index (χ0) is 24.7. The molecule has 0 fully saturated rings. The van der Waals surface area contributed by atoms with Gasteiger partial charge in [-0.25, -0.2) is 9.07 Å². The third-order valence-electron chi connectivity index (χ3n) is 4.91. The number of aromatic nitrogens is 2. The average Bonchev–Trinajstić information content (AvgIpc) is 3.17. The summed E-state index contributed by atoms with van der Waals surface area (Å²) in [5, 5.41) is 23.1. The fraction of sp³-hybridized carbons (Fsp3) is 0.280. The number of halogens is 1. The second-order valence-electron chi connectivity index (χ2n) is 7.94. The molecule has 1 unspecified atom stereocenters. The molecule has 7 nitrogen and oxygen atoms in total. The quantitative estimate of drug-likeness (QED) is 0.343. The maximum atomic E-state index is 13.6. The van der Waals surface area contributed by atoms with E-state index in [4.69, 9.17) is 14.7 Å². The fourth-order valence-corrected chi connectivity index (χ4v) is 4.24. The lowest BCUT2D eigenvalue weighted by Crippen LogP contribution is -2.15. The van der Waals surface area contributed by atoms with E-state index in [1.165, 1.54) is 12.1 Å². The molecule has 34 heavy (non-hydrogen) atoms. The molecule has 178 valence electrons. The fourth-order valence-electron chi connectivity index (χ4n) is 3.36. The van der Waals surface area contributed by atoms with Crippen molar-refractivity contribution < 1.29 is 28.5 Å². The first kappa shape index (κ1) is 25.4.